The van der Waals surface area contributed by atoms with Gasteiger partial charge in [0.05, 0.1) is 0 Å². The minimum Gasteiger partial charge on any atom is -0.481 e. The fraction of sp³-hybridized carbons (Fsp3) is 0.710. The Morgan fingerprint density at radius 2 is 1.16 bits per heavy atom. The van der Waals surface area contributed by atoms with Crippen LogP contribution in [0.4, 0.5) is 0 Å². The van der Waals surface area contributed by atoms with Crippen molar-refractivity contribution in [3.8, 4) is 0 Å². The van der Waals surface area contributed by atoms with E-state index in [4.69, 9.17) is 5.11 Å². The molecule has 1 unspecified atom stereocenters. The predicted octanol–water partition coefficient (Wildman–Crippen LogP) is 7.48. The third-order valence-electron chi connectivity index (χ3n) is 6.82. The summed E-state index contributed by atoms with van der Waals surface area (Å²) in [6.07, 6.45) is 20.5. The largest absolute Gasteiger partial charge is 0.481 e. The lowest BCUT2D eigenvalue weighted by Gasteiger charge is -2.19. The first-order valence-corrected chi connectivity index (χ1v) is 14.9. The fourth-order valence-corrected chi connectivity index (χ4v) is 4.55. The Morgan fingerprint density at radius 1 is 0.676 bits per heavy atom. The summed E-state index contributed by atoms with van der Waals surface area (Å²) in [6, 6.07) is 8.60. The number of aliphatic carboxylic acids is 1. The van der Waals surface area contributed by atoms with Gasteiger partial charge in [0.2, 0.25) is 11.8 Å². The molecular weight excluding hydrogens is 464 g/mol. The molecule has 0 fully saturated rings. The van der Waals surface area contributed by atoms with Crippen LogP contribution in [-0.4, -0.2) is 29.4 Å². The molecule has 210 valence electrons. The van der Waals surface area contributed by atoms with Gasteiger partial charge in [-0.15, -0.1) is 0 Å². The van der Waals surface area contributed by atoms with Gasteiger partial charge in [0.25, 0.3) is 0 Å². The zero-order chi connectivity index (χ0) is 27.0. The molecule has 0 bridgehead atoms. The van der Waals surface area contributed by atoms with Crippen LogP contribution >= 0.6 is 0 Å². The first-order valence-electron chi connectivity index (χ1n) is 14.9. The summed E-state index contributed by atoms with van der Waals surface area (Å²) in [5, 5.41) is 14.5. The summed E-state index contributed by atoms with van der Waals surface area (Å²) >= 11 is 0. The summed E-state index contributed by atoms with van der Waals surface area (Å²) in [7, 11) is 0. The molecular formula is C31H52N2O4. The van der Waals surface area contributed by atoms with Crippen molar-refractivity contribution >= 4 is 17.8 Å². The van der Waals surface area contributed by atoms with Crippen LogP contribution in [0.1, 0.15) is 141 Å². The summed E-state index contributed by atoms with van der Waals surface area (Å²) < 4.78 is 0. The van der Waals surface area contributed by atoms with Crippen molar-refractivity contribution < 1.29 is 19.5 Å². The molecule has 0 aromatic heterocycles. The molecule has 0 spiro atoms. The smallest absolute Gasteiger partial charge is 0.303 e. The summed E-state index contributed by atoms with van der Waals surface area (Å²) in [5.41, 5.74) is 0.764. The number of unbranched alkanes of at least 4 members (excludes halogenated alkanes) is 15. The molecule has 1 atom stereocenters. The van der Waals surface area contributed by atoms with Crippen LogP contribution < -0.4 is 10.6 Å². The maximum absolute atomic E-state index is 12.8. The number of amides is 2. The number of nitrogens with one attached hydrogen (secondary N) is 2. The number of carboxylic acids is 1. The quantitative estimate of drug-likeness (QED) is 0.124. The van der Waals surface area contributed by atoms with E-state index in [1.807, 2.05) is 30.3 Å². The molecule has 0 aliphatic heterocycles. The van der Waals surface area contributed by atoms with Gasteiger partial charge in [-0.1, -0.05) is 127 Å². The highest BCUT2D eigenvalue weighted by Crippen LogP contribution is 2.15. The molecule has 1 rings (SSSR count). The first kappa shape index (κ1) is 32.7. The maximum atomic E-state index is 12.8. The molecule has 0 aliphatic rings. The van der Waals surface area contributed by atoms with Gasteiger partial charge in [0, 0.05) is 19.4 Å². The highest BCUT2D eigenvalue weighted by molar-refractivity contribution is 5.88. The van der Waals surface area contributed by atoms with Crippen molar-refractivity contribution in [2.75, 3.05) is 6.54 Å². The van der Waals surface area contributed by atoms with Crippen LogP contribution in [-0.2, 0) is 14.4 Å². The molecule has 0 heterocycles. The molecule has 3 N–H and O–H groups in total. The summed E-state index contributed by atoms with van der Waals surface area (Å²) in [4.78, 5) is 36.0. The minimum absolute atomic E-state index is 0.0932. The normalized spacial score (nSPS) is 11.7. The standard InChI is InChI=1S/C31H52N2O4/c1-2-3-4-5-6-7-8-9-10-11-12-13-14-19-24-28(34)33-30(27-22-17-15-18-23-27)31(37)32-26-21-16-20-25-29(35)36/h15,17-18,22-23,30H,2-14,16,19-21,24-26H2,1H3,(H,32,37)(H,33,34)(H,35,36). The number of carbonyl (C=O) groups is 3. The lowest BCUT2D eigenvalue weighted by molar-refractivity contribution is -0.137. The van der Waals surface area contributed by atoms with Crippen LogP contribution in [0.3, 0.4) is 0 Å². The van der Waals surface area contributed by atoms with E-state index in [-0.39, 0.29) is 18.2 Å². The summed E-state index contributed by atoms with van der Waals surface area (Å²) in [6.45, 7) is 2.73. The monoisotopic (exact) mass is 516 g/mol. The minimum atomic E-state index is -0.797. The molecule has 1 aromatic rings. The lowest BCUT2D eigenvalue weighted by atomic mass is 10.0. The van der Waals surface area contributed by atoms with E-state index >= 15 is 0 Å². The van der Waals surface area contributed by atoms with Gasteiger partial charge < -0.3 is 15.7 Å². The van der Waals surface area contributed by atoms with Gasteiger partial charge in [-0.25, -0.2) is 0 Å². The molecule has 2 amide bonds. The zero-order valence-electron chi connectivity index (χ0n) is 23.3. The number of carbonyl (C=O) groups excluding carboxylic acids is 2. The fourth-order valence-electron chi connectivity index (χ4n) is 4.55. The third kappa shape index (κ3) is 18.5. The second kappa shape index (κ2) is 22.8. The van der Waals surface area contributed by atoms with Crippen LogP contribution in [0.15, 0.2) is 30.3 Å². The maximum Gasteiger partial charge on any atom is 0.303 e. The Balaban J connectivity index is 2.18. The SMILES string of the molecule is CCCCCCCCCCCCCCCCC(=O)NC(C(=O)NCCCCCC(=O)O)c1ccccc1. The second-order valence-electron chi connectivity index (χ2n) is 10.3. The predicted molar refractivity (Wildman–Crippen MR) is 151 cm³/mol. The van der Waals surface area contributed by atoms with E-state index in [0.29, 0.717) is 25.8 Å². The van der Waals surface area contributed by atoms with Gasteiger partial charge in [-0.2, -0.15) is 0 Å². The Hall–Kier alpha value is -2.37. The van der Waals surface area contributed by atoms with E-state index < -0.39 is 12.0 Å². The Morgan fingerprint density at radius 3 is 1.70 bits per heavy atom. The number of hydrogen-bond acceptors (Lipinski definition) is 3. The van der Waals surface area contributed by atoms with Crippen LogP contribution in [0.5, 0.6) is 0 Å². The van der Waals surface area contributed by atoms with Gasteiger partial charge >= 0.3 is 5.97 Å². The third-order valence-corrected chi connectivity index (χ3v) is 6.82. The molecule has 1 aromatic carbocycles. The van der Waals surface area contributed by atoms with E-state index in [0.717, 1.165) is 31.2 Å². The average molecular weight is 517 g/mol. The average Bonchev–Trinajstić information content (AvgIpc) is 2.89. The van der Waals surface area contributed by atoms with Gasteiger partial charge in [-0.3, -0.25) is 14.4 Å². The van der Waals surface area contributed by atoms with E-state index in [2.05, 4.69) is 17.6 Å². The van der Waals surface area contributed by atoms with Crippen molar-refractivity contribution in [3.63, 3.8) is 0 Å². The first-order chi connectivity index (χ1) is 18.0. The van der Waals surface area contributed by atoms with E-state index in [1.54, 1.807) is 0 Å². The van der Waals surface area contributed by atoms with E-state index in [1.165, 1.54) is 70.6 Å². The van der Waals surface area contributed by atoms with Crippen LogP contribution in [0.2, 0.25) is 0 Å². The highest BCUT2D eigenvalue weighted by atomic mass is 16.4. The lowest BCUT2D eigenvalue weighted by Crippen LogP contribution is -2.40. The summed E-state index contributed by atoms with van der Waals surface area (Å²) in [5.74, 6) is -1.11. The topological polar surface area (TPSA) is 95.5 Å². The van der Waals surface area contributed by atoms with Crippen molar-refractivity contribution in [2.24, 2.45) is 0 Å². The molecule has 0 radical (unpaired) electrons. The van der Waals surface area contributed by atoms with Crippen molar-refractivity contribution in [1.29, 1.82) is 0 Å². The second-order valence-corrected chi connectivity index (χ2v) is 10.3. The van der Waals surface area contributed by atoms with Gasteiger partial charge in [0.1, 0.15) is 6.04 Å². The molecule has 6 nitrogen and oxygen atoms in total. The molecule has 0 saturated heterocycles. The van der Waals surface area contributed by atoms with Gasteiger partial charge in [-0.05, 0) is 24.8 Å². The molecule has 37 heavy (non-hydrogen) atoms. The molecule has 0 saturated carbocycles. The Bertz CT molecular complexity index is 723. The van der Waals surface area contributed by atoms with Crippen molar-refractivity contribution in [3.05, 3.63) is 35.9 Å². The van der Waals surface area contributed by atoms with Crippen LogP contribution in [0, 0.1) is 0 Å². The van der Waals surface area contributed by atoms with E-state index in [9.17, 15) is 14.4 Å². The zero-order valence-corrected chi connectivity index (χ0v) is 23.3. The van der Waals surface area contributed by atoms with Crippen molar-refractivity contribution in [2.45, 2.75) is 135 Å². The van der Waals surface area contributed by atoms with Gasteiger partial charge in [0.15, 0.2) is 0 Å². The molecule has 0 aliphatic carbocycles. The number of benzene rings is 1. The Labute approximate surface area is 225 Å². The highest BCUT2D eigenvalue weighted by Gasteiger charge is 2.22. The van der Waals surface area contributed by atoms with Crippen LogP contribution in [0.25, 0.3) is 0 Å². The molecule has 6 heteroatoms. The Kier molecular flexibility index (Phi) is 20.1. The number of rotatable bonds is 24. The number of carboxylic acid groups (broad SMARTS) is 1. The van der Waals surface area contributed by atoms with Crippen molar-refractivity contribution in [1.82, 2.24) is 10.6 Å². The number of hydrogen-bond donors (Lipinski definition) is 3.